The van der Waals surface area contributed by atoms with Crippen molar-refractivity contribution in [2.75, 3.05) is 6.54 Å². The molecule has 0 radical (unpaired) electrons. The molecule has 0 unspecified atom stereocenters. The Balaban J connectivity index is 2.30. The summed E-state index contributed by atoms with van der Waals surface area (Å²) >= 11 is 3.40. The Morgan fingerprint density at radius 3 is 2.62 bits per heavy atom. The Kier molecular flexibility index (Phi) is 3.45. The van der Waals surface area contributed by atoms with Gasteiger partial charge in [-0.2, -0.15) is 0 Å². The van der Waals surface area contributed by atoms with Crippen molar-refractivity contribution in [1.82, 2.24) is 0 Å². The summed E-state index contributed by atoms with van der Waals surface area (Å²) in [5.41, 5.74) is 6.30. The molecule has 0 bridgehead atoms. The van der Waals surface area contributed by atoms with Gasteiger partial charge in [0.25, 0.3) is 0 Å². The molecule has 2 N–H and O–H groups in total. The van der Waals surface area contributed by atoms with Crippen LogP contribution in [0.5, 0.6) is 0 Å². The van der Waals surface area contributed by atoms with Gasteiger partial charge in [0.05, 0.1) is 0 Å². The molecule has 1 saturated carbocycles. The third kappa shape index (κ3) is 2.06. The zero-order valence-corrected chi connectivity index (χ0v) is 10.8. The van der Waals surface area contributed by atoms with Crippen LogP contribution in [0.4, 0.5) is 0 Å². The van der Waals surface area contributed by atoms with Gasteiger partial charge < -0.3 is 5.73 Å². The lowest BCUT2D eigenvalue weighted by Gasteiger charge is -2.25. The summed E-state index contributed by atoms with van der Waals surface area (Å²) in [6.07, 6.45) is 4.12. The molecular weight excluding hydrogens is 266 g/mol. The number of benzene rings is 1. The number of ketones is 1. The zero-order valence-electron chi connectivity index (χ0n) is 9.21. The SMILES string of the molecule is NCC1(C(=O)c2cccc(Br)c2)CCCC1. The lowest BCUT2D eigenvalue weighted by Crippen LogP contribution is -2.36. The maximum atomic E-state index is 12.5. The molecule has 0 heterocycles. The van der Waals surface area contributed by atoms with Crippen molar-refractivity contribution in [3.8, 4) is 0 Å². The van der Waals surface area contributed by atoms with E-state index in [9.17, 15) is 4.79 Å². The van der Waals surface area contributed by atoms with E-state index in [-0.39, 0.29) is 11.2 Å². The summed E-state index contributed by atoms with van der Waals surface area (Å²) in [5, 5.41) is 0. The number of rotatable bonds is 3. The van der Waals surface area contributed by atoms with Crippen molar-refractivity contribution in [3.05, 3.63) is 34.3 Å². The molecule has 0 atom stereocenters. The number of carbonyl (C=O) groups is 1. The number of hydrogen-bond donors (Lipinski definition) is 1. The molecule has 1 aliphatic rings. The molecule has 1 fully saturated rings. The van der Waals surface area contributed by atoms with E-state index >= 15 is 0 Å². The Hall–Kier alpha value is -0.670. The van der Waals surface area contributed by atoms with Crippen LogP contribution in [0.2, 0.25) is 0 Å². The van der Waals surface area contributed by atoms with Crippen molar-refractivity contribution in [3.63, 3.8) is 0 Å². The largest absolute Gasteiger partial charge is 0.329 e. The van der Waals surface area contributed by atoms with E-state index in [0.29, 0.717) is 6.54 Å². The summed E-state index contributed by atoms with van der Waals surface area (Å²) < 4.78 is 0.948. The monoisotopic (exact) mass is 281 g/mol. The molecule has 2 rings (SSSR count). The molecule has 0 spiro atoms. The van der Waals surface area contributed by atoms with Crippen LogP contribution in [0.15, 0.2) is 28.7 Å². The van der Waals surface area contributed by atoms with Gasteiger partial charge in [-0.15, -0.1) is 0 Å². The molecule has 3 heteroatoms. The maximum absolute atomic E-state index is 12.5. The Morgan fingerprint density at radius 1 is 1.38 bits per heavy atom. The van der Waals surface area contributed by atoms with Crippen LogP contribution in [0, 0.1) is 5.41 Å². The standard InChI is InChI=1S/C13H16BrNO/c14-11-5-3-4-10(8-11)12(16)13(9-15)6-1-2-7-13/h3-5,8H,1-2,6-7,9,15H2. The van der Waals surface area contributed by atoms with E-state index in [2.05, 4.69) is 15.9 Å². The minimum atomic E-state index is -0.291. The van der Waals surface area contributed by atoms with E-state index in [1.807, 2.05) is 24.3 Å². The second-order valence-electron chi connectivity index (χ2n) is 4.53. The fraction of sp³-hybridized carbons (Fsp3) is 0.462. The molecular formula is C13H16BrNO. The second kappa shape index (κ2) is 4.68. The fourth-order valence-electron chi connectivity index (χ4n) is 2.51. The van der Waals surface area contributed by atoms with Crippen LogP contribution in [0.25, 0.3) is 0 Å². The molecule has 1 aromatic rings. The highest BCUT2D eigenvalue weighted by Gasteiger charge is 2.39. The van der Waals surface area contributed by atoms with Crippen LogP contribution >= 0.6 is 15.9 Å². The van der Waals surface area contributed by atoms with Gasteiger partial charge in [0, 0.05) is 22.0 Å². The topological polar surface area (TPSA) is 43.1 Å². The first-order valence-corrected chi connectivity index (χ1v) is 6.48. The predicted octanol–water partition coefficient (Wildman–Crippen LogP) is 3.15. The minimum Gasteiger partial charge on any atom is -0.329 e. The van der Waals surface area contributed by atoms with Crippen LogP contribution < -0.4 is 5.73 Å². The average molecular weight is 282 g/mol. The van der Waals surface area contributed by atoms with Gasteiger partial charge in [-0.1, -0.05) is 40.9 Å². The van der Waals surface area contributed by atoms with Gasteiger partial charge >= 0.3 is 0 Å². The van der Waals surface area contributed by atoms with Gasteiger partial charge in [0.15, 0.2) is 5.78 Å². The smallest absolute Gasteiger partial charge is 0.170 e. The zero-order chi connectivity index (χ0) is 11.6. The molecule has 2 nitrogen and oxygen atoms in total. The van der Waals surface area contributed by atoms with Gasteiger partial charge in [0.1, 0.15) is 0 Å². The normalized spacial score (nSPS) is 18.6. The van der Waals surface area contributed by atoms with Crippen molar-refractivity contribution in [2.45, 2.75) is 25.7 Å². The Morgan fingerprint density at radius 2 is 2.06 bits per heavy atom. The first-order valence-electron chi connectivity index (χ1n) is 5.68. The van der Waals surface area contributed by atoms with Crippen LogP contribution in [-0.2, 0) is 0 Å². The summed E-state index contributed by atoms with van der Waals surface area (Å²) in [5.74, 6) is 0.216. The number of carbonyl (C=O) groups excluding carboxylic acids is 1. The first kappa shape index (κ1) is 11.8. The van der Waals surface area contributed by atoms with E-state index in [0.717, 1.165) is 35.7 Å². The summed E-state index contributed by atoms with van der Waals surface area (Å²) in [6.45, 7) is 0.471. The first-order chi connectivity index (χ1) is 7.68. The van der Waals surface area contributed by atoms with Gasteiger partial charge in [-0.3, -0.25) is 4.79 Å². The minimum absolute atomic E-state index is 0.216. The average Bonchev–Trinajstić information content (AvgIpc) is 2.78. The third-order valence-electron chi connectivity index (χ3n) is 3.52. The lowest BCUT2D eigenvalue weighted by molar-refractivity contribution is 0.0810. The van der Waals surface area contributed by atoms with Crippen molar-refractivity contribution in [1.29, 1.82) is 0 Å². The van der Waals surface area contributed by atoms with E-state index in [4.69, 9.17) is 5.73 Å². The molecule has 1 aliphatic carbocycles. The highest BCUT2D eigenvalue weighted by molar-refractivity contribution is 9.10. The van der Waals surface area contributed by atoms with Crippen LogP contribution in [-0.4, -0.2) is 12.3 Å². The maximum Gasteiger partial charge on any atom is 0.170 e. The van der Waals surface area contributed by atoms with Gasteiger partial charge in [-0.25, -0.2) is 0 Å². The fourth-order valence-corrected chi connectivity index (χ4v) is 2.91. The summed E-state index contributed by atoms with van der Waals surface area (Å²) in [6, 6.07) is 7.60. The number of Topliss-reactive ketones (excluding diaryl/α,β-unsaturated/α-hetero) is 1. The quantitative estimate of drug-likeness (QED) is 0.865. The molecule has 0 saturated heterocycles. The molecule has 0 aromatic heterocycles. The Bertz CT molecular complexity index is 397. The lowest BCUT2D eigenvalue weighted by atomic mass is 9.79. The van der Waals surface area contributed by atoms with E-state index in [1.54, 1.807) is 0 Å². The van der Waals surface area contributed by atoms with Crippen LogP contribution in [0.3, 0.4) is 0 Å². The van der Waals surface area contributed by atoms with Gasteiger partial charge in [-0.05, 0) is 25.0 Å². The number of halogens is 1. The van der Waals surface area contributed by atoms with E-state index < -0.39 is 0 Å². The highest BCUT2D eigenvalue weighted by atomic mass is 79.9. The van der Waals surface area contributed by atoms with Crippen molar-refractivity contribution in [2.24, 2.45) is 11.1 Å². The molecule has 86 valence electrons. The van der Waals surface area contributed by atoms with Crippen molar-refractivity contribution >= 4 is 21.7 Å². The van der Waals surface area contributed by atoms with Crippen molar-refractivity contribution < 1.29 is 4.79 Å². The summed E-state index contributed by atoms with van der Waals surface area (Å²) in [4.78, 5) is 12.5. The number of nitrogens with two attached hydrogens (primary N) is 1. The number of hydrogen-bond acceptors (Lipinski definition) is 2. The third-order valence-corrected chi connectivity index (χ3v) is 4.01. The van der Waals surface area contributed by atoms with E-state index in [1.165, 1.54) is 0 Å². The van der Waals surface area contributed by atoms with Gasteiger partial charge in [0.2, 0.25) is 0 Å². The molecule has 0 amide bonds. The molecule has 16 heavy (non-hydrogen) atoms. The molecule has 0 aliphatic heterocycles. The Labute approximate surface area is 104 Å². The highest BCUT2D eigenvalue weighted by Crippen LogP contribution is 2.40. The summed E-state index contributed by atoms with van der Waals surface area (Å²) in [7, 11) is 0. The predicted molar refractivity (Wildman–Crippen MR) is 68.4 cm³/mol. The van der Waals surface area contributed by atoms with Crippen LogP contribution in [0.1, 0.15) is 36.0 Å². The second-order valence-corrected chi connectivity index (χ2v) is 5.45. The molecule has 1 aromatic carbocycles.